The van der Waals surface area contributed by atoms with Gasteiger partial charge in [-0.05, 0) is 35.7 Å². The van der Waals surface area contributed by atoms with Crippen LogP contribution in [0.2, 0.25) is 5.02 Å². The van der Waals surface area contributed by atoms with Crippen molar-refractivity contribution in [2.75, 3.05) is 11.4 Å². The van der Waals surface area contributed by atoms with Crippen molar-refractivity contribution in [2.24, 2.45) is 0 Å². The lowest BCUT2D eigenvalue weighted by Crippen LogP contribution is -2.23. The number of nitrogens with zero attached hydrogens (tertiary/aromatic N) is 1. The van der Waals surface area contributed by atoms with Crippen LogP contribution >= 0.6 is 11.6 Å². The van der Waals surface area contributed by atoms with E-state index >= 15 is 0 Å². The molecule has 0 unspecified atom stereocenters. The van der Waals surface area contributed by atoms with E-state index in [9.17, 15) is 4.79 Å². The Balaban J connectivity index is 1.55. The Hall–Kier alpha value is -1.84. The normalized spacial score (nSPS) is 14.6. The number of rotatable bonds is 5. The van der Waals surface area contributed by atoms with E-state index in [1.54, 1.807) is 0 Å². The van der Waals surface area contributed by atoms with Crippen molar-refractivity contribution in [1.82, 2.24) is 5.32 Å². The van der Waals surface area contributed by atoms with E-state index in [0.717, 1.165) is 42.3 Å². The highest BCUT2D eigenvalue weighted by atomic mass is 35.5. The second kappa shape index (κ2) is 6.95. The molecule has 0 radical (unpaired) electrons. The minimum Gasteiger partial charge on any atom is -0.312 e. The van der Waals surface area contributed by atoms with Gasteiger partial charge in [-0.2, -0.15) is 0 Å². The highest BCUT2D eigenvalue weighted by Gasteiger charge is 2.21. The van der Waals surface area contributed by atoms with Crippen LogP contribution in [-0.4, -0.2) is 12.5 Å². The highest BCUT2D eigenvalue weighted by Crippen LogP contribution is 2.21. The summed E-state index contributed by atoms with van der Waals surface area (Å²) in [7, 11) is 0. The molecule has 1 saturated heterocycles. The molecular weight excluding hydrogens is 296 g/mol. The molecule has 1 aliphatic rings. The monoisotopic (exact) mass is 314 g/mol. The molecule has 3 rings (SSSR count). The molecule has 1 aliphatic heterocycles. The Labute approximate surface area is 135 Å². The van der Waals surface area contributed by atoms with Gasteiger partial charge >= 0.3 is 0 Å². The van der Waals surface area contributed by atoms with E-state index in [1.807, 2.05) is 41.3 Å². The number of carbonyl (C=O) groups excluding carboxylic acids is 1. The molecule has 4 heteroatoms. The van der Waals surface area contributed by atoms with Crippen molar-refractivity contribution < 1.29 is 4.79 Å². The molecule has 3 nitrogen and oxygen atoms in total. The predicted octanol–water partition coefficient (Wildman–Crippen LogP) is 3.76. The largest absolute Gasteiger partial charge is 0.312 e. The second-order valence-corrected chi connectivity index (χ2v) is 5.92. The molecule has 0 aliphatic carbocycles. The number of hydrogen-bond acceptors (Lipinski definition) is 2. The fourth-order valence-corrected chi connectivity index (χ4v) is 2.90. The van der Waals surface area contributed by atoms with Gasteiger partial charge in [0.15, 0.2) is 0 Å². The van der Waals surface area contributed by atoms with Crippen LogP contribution in [0, 0.1) is 0 Å². The van der Waals surface area contributed by atoms with Crippen molar-refractivity contribution >= 4 is 23.2 Å². The number of benzene rings is 2. The van der Waals surface area contributed by atoms with Crippen LogP contribution in [0.1, 0.15) is 24.0 Å². The summed E-state index contributed by atoms with van der Waals surface area (Å²) in [5.41, 5.74) is 3.29. The van der Waals surface area contributed by atoms with Crippen LogP contribution in [0.4, 0.5) is 5.69 Å². The van der Waals surface area contributed by atoms with Crippen molar-refractivity contribution in [3.8, 4) is 0 Å². The fourth-order valence-electron chi connectivity index (χ4n) is 2.70. The summed E-state index contributed by atoms with van der Waals surface area (Å²) in [4.78, 5) is 13.6. The SMILES string of the molecule is O=C1CCCN1c1ccc(CNCc2ccccc2Cl)cc1. The third-order valence-corrected chi connectivity index (χ3v) is 4.29. The summed E-state index contributed by atoms with van der Waals surface area (Å²) in [6.07, 6.45) is 1.63. The van der Waals surface area contributed by atoms with Crippen molar-refractivity contribution in [2.45, 2.75) is 25.9 Å². The third kappa shape index (κ3) is 3.49. The number of carbonyl (C=O) groups is 1. The van der Waals surface area contributed by atoms with Crippen molar-refractivity contribution in [1.29, 1.82) is 0 Å². The van der Waals surface area contributed by atoms with Gasteiger partial charge in [0.25, 0.3) is 0 Å². The average Bonchev–Trinajstić information content (AvgIpc) is 2.96. The molecule has 2 aromatic rings. The lowest BCUT2D eigenvalue weighted by molar-refractivity contribution is -0.117. The van der Waals surface area contributed by atoms with Gasteiger partial charge in [0.1, 0.15) is 0 Å². The molecule has 2 aromatic carbocycles. The molecule has 22 heavy (non-hydrogen) atoms. The zero-order valence-corrected chi connectivity index (χ0v) is 13.1. The van der Waals surface area contributed by atoms with E-state index in [1.165, 1.54) is 5.56 Å². The molecule has 1 fully saturated rings. The van der Waals surface area contributed by atoms with Crippen LogP contribution in [0.5, 0.6) is 0 Å². The smallest absolute Gasteiger partial charge is 0.227 e. The fraction of sp³-hybridized carbons (Fsp3) is 0.278. The van der Waals surface area contributed by atoms with Crippen LogP contribution in [0.25, 0.3) is 0 Å². The first kappa shape index (κ1) is 15.1. The predicted molar refractivity (Wildman–Crippen MR) is 90.0 cm³/mol. The molecule has 0 spiro atoms. The molecule has 0 aromatic heterocycles. The van der Waals surface area contributed by atoms with Crippen LogP contribution in [0.3, 0.4) is 0 Å². The highest BCUT2D eigenvalue weighted by molar-refractivity contribution is 6.31. The Morgan fingerprint density at radius 2 is 1.82 bits per heavy atom. The number of hydrogen-bond donors (Lipinski definition) is 1. The summed E-state index contributed by atoms with van der Waals surface area (Å²) >= 11 is 6.14. The van der Waals surface area contributed by atoms with E-state index in [2.05, 4.69) is 17.4 Å². The Bertz CT molecular complexity index is 654. The van der Waals surface area contributed by atoms with Gasteiger partial charge in [0.2, 0.25) is 5.91 Å². The first-order valence-electron chi connectivity index (χ1n) is 7.57. The molecule has 0 saturated carbocycles. The molecule has 0 atom stereocenters. The maximum atomic E-state index is 11.7. The minimum absolute atomic E-state index is 0.226. The summed E-state index contributed by atoms with van der Waals surface area (Å²) in [6.45, 7) is 2.36. The van der Waals surface area contributed by atoms with Gasteiger partial charge in [0.05, 0.1) is 0 Å². The van der Waals surface area contributed by atoms with E-state index in [-0.39, 0.29) is 5.91 Å². The maximum Gasteiger partial charge on any atom is 0.227 e. The first-order chi connectivity index (χ1) is 10.7. The Morgan fingerprint density at radius 3 is 2.50 bits per heavy atom. The molecule has 0 bridgehead atoms. The van der Waals surface area contributed by atoms with Gasteiger partial charge < -0.3 is 10.2 Å². The summed E-state index contributed by atoms with van der Waals surface area (Å²) in [5, 5.41) is 4.18. The topological polar surface area (TPSA) is 32.3 Å². The maximum absolute atomic E-state index is 11.7. The zero-order chi connectivity index (χ0) is 15.4. The van der Waals surface area contributed by atoms with Crippen LogP contribution in [0.15, 0.2) is 48.5 Å². The van der Waals surface area contributed by atoms with Crippen LogP contribution in [-0.2, 0) is 17.9 Å². The van der Waals surface area contributed by atoms with Gasteiger partial charge in [-0.1, -0.05) is 41.9 Å². The molecule has 1 amide bonds. The number of nitrogens with one attached hydrogen (secondary N) is 1. The molecular formula is C18H19ClN2O. The van der Waals surface area contributed by atoms with E-state index in [4.69, 9.17) is 11.6 Å². The lowest BCUT2D eigenvalue weighted by Gasteiger charge is -2.16. The number of anilines is 1. The van der Waals surface area contributed by atoms with Gasteiger partial charge in [-0.15, -0.1) is 0 Å². The quantitative estimate of drug-likeness (QED) is 0.911. The summed E-state index contributed by atoms with van der Waals surface area (Å²) in [5.74, 6) is 0.226. The lowest BCUT2D eigenvalue weighted by atomic mass is 10.2. The second-order valence-electron chi connectivity index (χ2n) is 5.51. The van der Waals surface area contributed by atoms with Crippen molar-refractivity contribution in [3.05, 3.63) is 64.7 Å². The van der Waals surface area contributed by atoms with E-state index in [0.29, 0.717) is 6.42 Å². The first-order valence-corrected chi connectivity index (χ1v) is 7.95. The summed E-state index contributed by atoms with van der Waals surface area (Å²) in [6, 6.07) is 16.0. The number of halogens is 1. The summed E-state index contributed by atoms with van der Waals surface area (Å²) < 4.78 is 0. The van der Waals surface area contributed by atoms with Crippen molar-refractivity contribution in [3.63, 3.8) is 0 Å². The van der Waals surface area contributed by atoms with Gasteiger partial charge in [-0.3, -0.25) is 4.79 Å². The van der Waals surface area contributed by atoms with Gasteiger partial charge in [-0.25, -0.2) is 0 Å². The molecule has 1 heterocycles. The third-order valence-electron chi connectivity index (χ3n) is 3.92. The average molecular weight is 315 g/mol. The minimum atomic E-state index is 0.226. The molecule has 114 valence electrons. The number of amides is 1. The van der Waals surface area contributed by atoms with Gasteiger partial charge in [0, 0.05) is 36.8 Å². The Morgan fingerprint density at radius 1 is 1.05 bits per heavy atom. The molecule has 1 N–H and O–H groups in total. The standard InChI is InChI=1S/C18H19ClN2O/c19-17-5-2-1-4-15(17)13-20-12-14-7-9-16(10-8-14)21-11-3-6-18(21)22/h1-2,4-5,7-10,20H,3,6,11-13H2. The van der Waals surface area contributed by atoms with Crippen LogP contribution < -0.4 is 10.2 Å². The zero-order valence-electron chi connectivity index (χ0n) is 12.4. The Kier molecular flexibility index (Phi) is 4.76. The van der Waals surface area contributed by atoms with E-state index < -0.39 is 0 Å².